The minimum atomic E-state index is 1.08. The van der Waals surface area contributed by atoms with Gasteiger partial charge in [-0.05, 0) is 106 Å². The number of para-hydroxylation sites is 3. The van der Waals surface area contributed by atoms with Crippen LogP contribution in [0.5, 0.6) is 0 Å². The number of anilines is 3. The second-order valence-electron chi connectivity index (χ2n) is 16.1. The molecule has 0 aliphatic rings. The Bertz CT molecular complexity index is 3550. The Morgan fingerprint density at radius 2 is 0.778 bits per heavy atom. The first-order chi connectivity index (χ1) is 31.2. The molecule has 0 fully saturated rings. The maximum atomic E-state index is 2.42. The van der Waals surface area contributed by atoms with Gasteiger partial charge in [-0.25, -0.2) is 0 Å². The smallest absolute Gasteiger partial charge is 0.0541 e. The largest absolute Gasteiger partial charge is 0.310 e. The molecule has 63 heavy (non-hydrogen) atoms. The van der Waals surface area contributed by atoms with Gasteiger partial charge in [-0.3, -0.25) is 0 Å². The molecule has 0 saturated carbocycles. The SMILES string of the molecule is c1ccc(-c2ccc(N(c3ccc(-c4ccc5c(c4)sc4ccccc45)cc3)c3ccc(-c4ccccc4-n4c5ccccc5c5ccccc54)cc3)cc2-c2ccccc2)cc1. The van der Waals surface area contributed by atoms with Gasteiger partial charge < -0.3 is 9.47 Å². The van der Waals surface area contributed by atoms with Crippen LogP contribution in [0.3, 0.4) is 0 Å². The van der Waals surface area contributed by atoms with E-state index in [-0.39, 0.29) is 0 Å². The van der Waals surface area contributed by atoms with E-state index in [0.29, 0.717) is 0 Å². The van der Waals surface area contributed by atoms with Crippen LogP contribution in [0.1, 0.15) is 0 Å². The highest BCUT2D eigenvalue weighted by atomic mass is 32.1. The number of nitrogens with zero attached hydrogens (tertiary/aromatic N) is 2. The van der Waals surface area contributed by atoms with Gasteiger partial charge >= 0.3 is 0 Å². The Labute approximate surface area is 370 Å². The van der Waals surface area contributed by atoms with Gasteiger partial charge in [-0.15, -0.1) is 11.3 Å². The zero-order valence-electron chi connectivity index (χ0n) is 34.4. The van der Waals surface area contributed by atoms with Crippen molar-refractivity contribution >= 4 is 70.4 Å². The molecule has 12 aromatic rings. The number of benzene rings is 10. The van der Waals surface area contributed by atoms with Gasteiger partial charge in [0.1, 0.15) is 0 Å². The Morgan fingerprint density at radius 1 is 0.286 bits per heavy atom. The van der Waals surface area contributed by atoms with Crippen LogP contribution >= 0.6 is 11.3 Å². The van der Waals surface area contributed by atoms with Crippen molar-refractivity contribution in [1.82, 2.24) is 4.57 Å². The topological polar surface area (TPSA) is 8.17 Å². The summed E-state index contributed by atoms with van der Waals surface area (Å²) in [6.45, 7) is 0. The average molecular weight is 821 g/mol. The summed E-state index contributed by atoms with van der Waals surface area (Å²) in [7, 11) is 0. The first-order valence-corrected chi connectivity index (χ1v) is 22.3. The first-order valence-electron chi connectivity index (χ1n) is 21.5. The maximum Gasteiger partial charge on any atom is 0.0541 e. The van der Waals surface area contributed by atoms with E-state index < -0.39 is 0 Å². The third-order valence-corrected chi connectivity index (χ3v) is 13.6. The minimum Gasteiger partial charge on any atom is -0.310 e. The molecule has 0 saturated heterocycles. The molecule has 0 atom stereocenters. The van der Waals surface area contributed by atoms with Crippen LogP contribution in [-0.4, -0.2) is 4.57 Å². The normalized spacial score (nSPS) is 11.5. The molecule has 3 heteroatoms. The Hall–Kier alpha value is -7.98. The fourth-order valence-electron chi connectivity index (χ4n) is 9.44. The van der Waals surface area contributed by atoms with E-state index >= 15 is 0 Å². The summed E-state index contributed by atoms with van der Waals surface area (Å²) in [5.74, 6) is 0. The van der Waals surface area contributed by atoms with Crippen LogP contribution in [0, 0.1) is 0 Å². The van der Waals surface area contributed by atoms with Crippen molar-refractivity contribution in [1.29, 1.82) is 0 Å². The number of hydrogen-bond acceptors (Lipinski definition) is 2. The highest BCUT2D eigenvalue weighted by Crippen LogP contribution is 2.43. The van der Waals surface area contributed by atoms with E-state index in [9.17, 15) is 0 Å². The summed E-state index contributed by atoms with van der Waals surface area (Å²) in [5, 5.41) is 5.16. The predicted octanol–water partition coefficient (Wildman–Crippen LogP) is 17.3. The number of aromatic nitrogens is 1. The molecule has 0 bridgehead atoms. The van der Waals surface area contributed by atoms with Crippen LogP contribution in [-0.2, 0) is 0 Å². The summed E-state index contributed by atoms with van der Waals surface area (Å²) in [4.78, 5) is 2.39. The fourth-order valence-corrected chi connectivity index (χ4v) is 10.6. The molecule has 0 aliphatic heterocycles. The fraction of sp³-hybridized carbons (Fsp3) is 0. The lowest BCUT2D eigenvalue weighted by Crippen LogP contribution is -2.10. The van der Waals surface area contributed by atoms with Gasteiger partial charge in [0.25, 0.3) is 0 Å². The van der Waals surface area contributed by atoms with E-state index in [1.54, 1.807) is 0 Å². The second-order valence-corrected chi connectivity index (χ2v) is 17.2. The van der Waals surface area contributed by atoms with Crippen molar-refractivity contribution in [3.8, 4) is 50.2 Å². The lowest BCUT2D eigenvalue weighted by atomic mass is 9.93. The summed E-state index contributed by atoms with van der Waals surface area (Å²) in [6.07, 6.45) is 0. The number of fused-ring (bicyclic) bond motifs is 6. The maximum absolute atomic E-state index is 2.42. The molecule has 2 heterocycles. The van der Waals surface area contributed by atoms with E-state index in [1.165, 1.54) is 80.9 Å². The summed E-state index contributed by atoms with van der Waals surface area (Å²) < 4.78 is 5.05. The molecule has 10 aromatic carbocycles. The molecule has 0 radical (unpaired) electrons. The van der Waals surface area contributed by atoms with Gasteiger partial charge in [0.15, 0.2) is 0 Å². The van der Waals surface area contributed by atoms with Crippen molar-refractivity contribution < 1.29 is 0 Å². The standard InChI is InChI=1S/C60H40N2S/c1-3-15-42(16-4-1)49-38-36-48(40-55(49)43-17-5-2-6-18-43)61(46-32-27-41(28-33-46)45-31-37-54-53-22-10-14-26-59(53)63-60(54)39-45)47-34-29-44(30-35-47)50-19-7-11-23-56(50)62-57-24-12-8-20-51(57)52-21-9-13-25-58(52)62/h1-40H. The van der Waals surface area contributed by atoms with E-state index in [0.717, 1.165) is 28.3 Å². The van der Waals surface area contributed by atoms with Crippen molar-refractivity contribution in [3.05, 3.63) is 243 Å². The first kappa shape index (κ1) is 36.8. The van der Waals surface area contributed by atoms with Crippen molar-refractivity contribution in [3.63, 3.8) is 0 Å². The summed E-state index contributed by atoms with van der Waals surface area (Å²) in [6, 6.07) is 88.4. The summed E-state index contributed by atoms with van der Waals surface area (Å²) in [5.41, 5.74) is 16.4. The molecule has 2 nitrogen and oxygen atoms in total. The van der Waals surface area contributed by atoms with Gasteiger partial charge in [0.2, 0.25) is 0 Å². The second kappa shape index (κ2) is 15.5. The minimum absolute atomic E-state index is 1.08. The Balaban J connectivity index is 0.983. The van der Waals surface area contributed by atoms with E-state index in [1.807, 2.05) is 11.3 Å². The Morgan fingerprint density at radius 3 is 1.46 bits per heavy atom. The van der Waals surface area contributed by atoms with Gasteiger partial charge in [-0.2, -0.15) is 0 Å². The number of hydrogen-bond donors (Lipinski definition) is 0. The van der Waals surface area contributed by atoms with Gasteiger partial charge in [0, 0.05) is 53.6 Å². The highest BCUT2D eigenvalue weighted by Gasteiger charge is 2.19. The highest BCUT2D eigenvalue weighted by molar-refractivity contribution is 7.25. The zero-order valence-corrected chi connectivity index (χ0v) is 35.2. The van der Waals surface area contributed by atoms with E-state index in [2.05, 4.69) is 252 Å². The van der Waals surface area contributed by atoms with Crippen LogP contribution in [0.4, 0.5) is 17.1 Å². The third-order valence-electron chi connectivity index (χ3n) is 12.4. The number of rotatable bonds is 8. The third kappa shape index (κ3) is 6.50. The molecule has 0 spiro atoms. The van der Waals surface area contributed by atoms with E-state index in [4.69, 9.17) is 0 Å². The molecule has 12 rings (SSSR count). The van der Waals surface area contributed by atoms with Gasteiger partial charge in [0.05, 0.1) is 16.7 Å². The van der Waals surface area contributed by atoms with Crippen molar-refractivity contribution in [2.45, 2.75) is 0 Å². The average Bonchev–Trinajstić information content (AvgIpc) is 3.90. The molecular formula is C60H40N2S. The molecule has 296 valence electrons. The van der Waals surface area contributed by atoms with Crippen LogP contribution < -0.4 is 4.90 Å². The Kier molecular flexibility index (Phi) is 9.06. The van der Waals surface area contributed by atoms with Crippen molar-refractivity contribution in [2.75, 3.05) is 4.90 Å². The zero-order chi connectivity index (χ0) is 41.7. The summed E-state index contributed by atoms with van der Waals surface area (Å²) >= 11 is 1.86. The molecule has 0 amide bonds. The monoisotopic (exact) mass is 820 g/mol. The number of thiophene rings is 1. The van der Waals surface area contributed by atoms with Crippen LogP contribution in [0.2, 0.25) is 0 Å². The molecule has 2 aromatic heterocycles. The molecule has 0 N–H and O–H groups in total. The van der Waals surface area contributed by atoms with Crippen molar-refractivity contribution in [2.24, 2.45) is 0 Å². The van der Waals surface area contributed by atoms with Crippen LogP contribution in [0.15, 0.2) is 243 Å². The predicted molar refractivity (Wildman–Crippen MR) is 270 cm³/mol. The lowest BCUT2D eigenvalue weighted by Gasteiger charge is -2.27. The van der Waals surface area contributed by atoms with Crippen LogP contribution in [0.25, 0.3) is 92.2 Å². The lowest BCUT2D eigenvalue weighted by molar-refractivity contribution is 1.18. The quantitative estimate of drug-likeness (QED) is 0.148. The molecule has 0 aliphatic carbocycles. The molecule has 0 unspecified atom stereocenters. The molecular weight excluding hydrogens is 781 g/mol. The van der Waals surface area contributed by atoms with Gasteiger partial charge in [-0.1, -0.05) is 176 Å².